The molecule has 1 aromatic carbocycles. The molecule has 1 amide bonds. The first-order valence-electron chi connectivity index (χ1n) is 11.0. The number of hydrogen-bond acceptors (Lipinski definition) is 4. The highest BCUT2D eigenvalue weighted by Gasteiger charge is 2.58. The number of amides is 1. The van der Waals surface area contributed by atoms with Crippen molar-refractivity contribution < 1.29 is 27.5 Å². The average molecular weight is 438 g/mol. The Morgan fingerprint density at radius 2 is 1.84 bits per heavy atom. The number of alkyl halides is 3. The van der Waals surface area contributed by atoms with E-state index in [4.69, 9.17) is 4.74 Å². The van der Waals surface area contributed by atoms with Crippen molar-refractivity contribution in [3.63, 3.8) is 0 Å². The van der Waals surface area contributed by atoms with Gasteiger partial charge in [0.1, 0.15) is 5.60 Å². The lowest BCUT2D eigenvalue weighted by Crippen LogP contribution is -2.54. The number of likely N-dealkylation sites (tertiary alicyclic amines) is 1. The monoisotopic (exact) mass is 438 g/mol. The minimum Gasteiger partial charge on any atom is -0.458 e. The van der Waals surface area contributed by atoms with Crippen LogP contribution in [0.4, 0.5) is 13.2 Å². The summed E-state index contributed by atoms with van der Waals surface area (Å²) in [4.78, 5) is 30.0. The smallest absolute Gasteiger partial charge is 0.416 e. The first kappa shape index (κ1) is 22.1. The van der Waals surface area contributed by atoms with Crippen LogP contribution in [0.1, 0.15) is 50.3 Å². The number of nitrogens with zero attached hydrogens (tertiary/aromatic N) is 2. The predicted molar refractivity (Wildman–Crippen MR) is 108 cm³/mol. The number of carbonyl (C=O) groups excluding carboxylic acids is 2. The molecule has 2 saturated heterocycles. The average Bonchev–Trinajstić information content (AvgIpc) is 2.95. The van der Waals surface area contributed by atoms with Crippen molar-refractivity contribution in [1.82, 2.24) is 9.80 Å². The number of ether oxygens (including phenoxy) is 1. The van der Waals surface area contributed by atoms with Crippen molar-refractivity contribution in [3.8, 4) is 0 Å². The maximum Gasteiger partial charge on any atom is 0.416 e. The second kappa shape index (κ2) is 7.80. The molecule has 3 heterocycles. The van der Waals surface area contributed by atoms with E-state index in [0.717, 1.165) is 30.8 Å². The lowest BCUT2D eigenvalue weighted by atomic mass is 9.74. The molecule has 2 unspecified atom stereocenters. The summed E-state index contributed by atoms with van der Waals surface area (Å²) in [5, 5.41) is 0. The third kappa shape index (κ3) is 3.95. The number of fused-ring (bicyclic) bond motifs is 1. The van der Waals surface area contributed by atoms with E-state index in [9.17, 15) is 22.8 Å². The van der Waals surface area contributed by atoms with Crippen molar-refractivity contribution in [1.29, 1.82) is 0 Å². The summed E-state index contributed by atoms with van der Waals surface area (Å²) >= 11 is 0. The van der Waals surface area contributed by atoms with Crippen LogP contribution < -0.4 is 0 Å². The van der Waals surface area contributed by atoms with E-state index >= 15 is 0 Å². The van der Waals surface area contributed by atoms with Crippen LogP contribution in [0.2, 0.25) is 0 Å². The molecule has 170 valence electrons. The number of rotatable bonds is 2. The Bertz CT molecular complexity index is 875. The molecule has 0 bridgehead atoms. The third-order valence-electron chi connectivity index (χ3n) is 7.24. The summed E-state index contributed by atoms with van der Waals surface area (Å²) < 4.78 is 45.3. The van der Waals surface area contributed by atoms with Gasteiger partial charge in [0.25, 0.3) is 0 Å². The highest BCUT2D eigenvalue weighted by Crippen LogP contribution is 2.46. The molecule has 8 heteroatoms. The molecule has 1 aromatic rings. The van der Waals surface area contributed by atoms with Gasteiger partial charge in [-0.1, -0.05) is 13.0 Å². The predicted octanol–water partition coefficient (Wildman–Crippen LogP) is 3.64. The number of benzene rings is 1. The summed E-state index contributed by atoms with van der Waals surface area (Å²) in [5.74, 6) is -1.69. The molecule has 0 aliphatic carbocycles. The van der Waals surface area contributed by atoms with Gasteiger partial charge in [0, 0.05) is 45.1 Å². The van der Waals surface area contributed by atoms with Gasteiger partial charge in [-0.15, -0.1) is 0 Å². The third-order valence-corrected chi connectivity index (χ3v) is 7.24. The van der Waals surface area contributed by atoms with Gasteiger partial charge in [0.05, 0.1) is 17.4 Å². The van der Waals surface area contributed by atoms with E-state index < -0.39 is 29.2 Å². The quantitative estimate of drug-likeness (QED) is 0.662. The molecule has 5 nitrogen and oxygen atoms in total. The fourth-order valence-corrected chi connectivity index (χ4v) is 5.34. The Morgan fingerprint density at radius 3 is 2.45 bits per heavy atom. The highest BCUT2D eigenvalue weighted by molar-refractivity contribution is 5.89. The first-order valence-corrected chi connectivity index (χ1v) is 11.0. The van der Waals surface area contributed by atoms with Gasteiger partial charge in [-0.2, -0.15) is 13.2 Å². The number of piperidine rings is 1. The molecule has 2 fully saturated rings. The molecule has 2 atom stereocenters. The Kier molecular flexibility index (Phi) is 5.56. The van der Waals surface area contributed by atoms with Gasteiger partial charge in [-0.3, -0.25) is 9.59 Å². The molecule has 31 heavy (non-hydrogen) atoms. The van der Waals surface area contributed by atoms with Gasteiger partial charge in [0.15, 0.2) is 0 Å². The van der Waals surface area contributed by atoms with Gasteiger partial charge in [0.2, 0.25) is 5.91 Å². The van der Waals surface area contributed by atoms with Crippen LogP contribution in [0.25, 0.3) is 0 Å². The van der Waals surface area contributed by atoms with Crippen LogP contribution in [0, 0.1) is 11.8 Å². The lowest BCUT2D eigenvalue weighted by molar-refractivity contribution is -0.158. The summed E-state index contributed by atoms with van der Waals surface area (Å²) in [6.07, 6.45) is -2.72. The second-order valence-electron chi connectivity index (χ2n) is 9.37. The van der Waals surface area contributed by atoms with Gasteiger partial charge >= 0.3 is 12.1 Å². The number of hydrogen-bond donors (Lipinski definition) is 0. The van der Waals surface area contributed by atoms with Crippen LogP contribution in [-0.4, -0.2) is 53.0 Å². The Labute approximate surface area is 180 Å². The minimum absolute atomic E-state index is 0.129. The first-order chi connectivity index (χ1) is 14.5. The molecule has 3 aliphatic rings. The molecule has 1 spiro atoms. The normalized spacial score (nSPS) is 26.3. The molecular weight excluding hydrogens is 409 g/mol. The lowest BCUT2D eigenvalue weighted by Gasteiger charge is -2.44. The zero-order valence-electron chi connectivity index (χ0n) is 18.2. The van der Waals surface area contributed by atoms with Crippen LogP contribution in [0.3, 0.4) is 0 Å². The van der Waals surface area contributed by atoms with Crippen LogP contribution in [0.5, 0.6) is 0 Å². The standard InChI is InChI=1S/C23H29F3N2O3/c1-14(2)27-10-7-22(8-11-27)19(15(3)21(30)31-22)20(29)28-9-6-16-4-5-18(23(24,25)26)12-17(16)13-28/h4-5,12,14-15,19H,6-11,13H2,1-3H3. The summed E-state index contributed by atoms with van der Waals surface area (Å²) in [7, 11) is 0. The van der Waals surface area contributed by atoms with E-state index in [1.807, 2.05) is 0 Å². The molecular formula is C23H29F3N2O3. The molecule has 0 N–H and O–H groups in total. The Hall–Kier alpha value is -2.09. The van der Waals surface area contributed by atoms with Crippen LogP contribution >= 0.6 is 0 Å². The maximum atomic E-state index is 13.6. The Morgan fingerprint density at radius 1 is 1.16 bits per heavy atom. The highest BCUT2D eigenvalue weighted by atomic mass is 19.4. The van der Waals surface area contributed by atoms with Gasteiger partial charge in [-0.25, -0.2) is 0 Å². The Balaban J connectivity index is 1.56. The fourth-order valence-electron chi connectivity index (χ4n) is 5.34. The number of carbonyl (C=O) groups is 2. The van der Waals surface area contributed by atoms with E-state index in [1.165, 1.54) is 6.07 Å². The molecule has 0 aromatic heterocycles. The van der Waals surface area contributed by atoms with E-state index in [-0.39, 0.29) is 18.4 Å². The van der Waals surface area contributed by atoms with Gasteiger partial charge < -0.3 is 14.5 Å². The van der Waals surface area contributed by atoms with Crippen molar-refractivity contribution in [2.75, 3.05) is 19.6 Å². The SMILES string of the molecule is CC1C(=O)OC2(CCN(C(C)C)CC2)C1C(=O)N1CCc2ccc(C(F)(F)F)cc2C1. The molecule has 0 radical (unpaired) electrons. The topological polar surface area (TPSA) is 49.9 Å². The molecule has 3 aliphatic heterocycles. The number of esters is 1. The maximum absolute atomic E-state index is 13.6. The van der Waals surface area contributed by atoms with E-state index in [0.29, 0.717) is 37.4 Å². The largest absolute Gasteiger partial charge is 0.458 e. The molecule has 0 saturated carbocycles. The van der Waals surface area contributed by atoms with Crippen LogP contribution in [0.15, 0.2) is 18.2 Å². The van der Waals surface area contributed by atoms with Crippen LogP contribution in [-0.2, 0) is 33.5 Å². The summed E-state index contributed by atoms with van der Waals surface area (Å²) in [6, 6.07) is 4.13. The zero-order valence-corrected chi connectivity index (χ0v) is 18.2. The van der Waals surface area contributed by atoms with Crippen molar-refractivity contribution >= 4 is 11.9 Å². The molecule has 4 rings (SSSR count). The number of halogens is 3. The van der Waals surface area contributed by atoms with E-state index in [1.54, 1.807) is 11.8 Å². The fraction of sp³-hybridized carbons (Fsp3) is 0.652. The minimum atomic E-state index is -4.42. The van der Waals surface area contributed by atoms with Crippen molar-refractivity contribution in [2.45, 2.75) is 64.4 Å². The van der Waals surface area contributed by atoms with Gasteiger partial charge in [-0.05, 0) is 43.5 Å². The van der Waals surface area contributed by atoms with Crippen molar-refractivity contribution in [2.24, 2.45) is 11.8 Å². The zero-order chi connectivity index (χ0) is 22.6. The van der Waals surface area contributed by atoms with Crippen molar-refractivity contribution in [3.05, 3.63) is 34.9 Å². The summed E-state index contributed by atoms with van der Waals surface area (Å²) in [5.41, 5.74) is -0.154. The summed E-state index contributed by atoms with van der Waals surface area (Å²) in [6.45, 7) is 8.02. The second-order valence-corrected chi connectivity index (χ2v) is 9.37. The van der Waals surface area contributed by atoms with E-state index in [2.05, 4.69) is 18.7 Å².